The van der Waals surface area contributed by atoms with Gasteiger partial charge in [0.1, 0.15) is 5.82 Å². The Morgan fingerprint density at radius 2 is 1.73 bits per heavy atom. The molecule has 1 heterocycles. The lowest BCUT2D eigenvalue weighted by Gasteiger charge is -2.26. The third-order valence-corrected chi connectivity index (χ3v) is 5.62. The Hall–Kier alpha value is -2.34. The Labute approximate surface area is 203 Å². The Bertz CT molecular complexity index is 952. The van der Waals surface area contributed by atoms with Crippen LogP contribution in [0.3, 0.4) is 0 Å². The van der Waals surface area contributed by atoms with Crippen molar-refractivity contribution in [3.05, 3.63) is 41.0 Å². The van der Waals surface area contributed by atoms with E-state index in [1.54, 1.807) is 21.7 Å². The van der Waals surface area contributed by atoms with Gasteiger partial charge >= 0.3 is 0 Å². The maximum atomic E-state index is 12.9. The van der Waals surface area contributed by atoms with Gasteiger partial charge < -0.3 is 10.2 Å². The number of carbonyl (C=O) groups is 2. The lowest BCUT2D eigenvalue weighted by atomic mass is 9.84. The van der Waals surface area contributed by atoms with Crippen LogP contribution in [0, 0.1) is 11.3 Å². The van der Waals surface area contributed by atoms with E-state index in [9.17, 15) is 9.59 Å². The van der Waals surface area contributed by atoms with Crippen LogP contribution in [0.4, 0.5) is 5.82 Å². The first-order chi connectivity index (χ1) is 15.2. The number of hydrogen-bond donors (Lipinski definition) is 1. The molecule has 0 aliphatic carbocycles. The van der Waals surface area contributed by atoms with Gasteiger partial charge in [-0.2, -0.15) is 5.10 Å². The van der Waals surface area contributed by atoms with Gasteiger partial charge in [0.05, 0.1) is 17.9 Å². The second-order valence-corrected chi connectivity index (χ2v) is 11.5. The molecule has 7 heteroatoms. The highest BCUT2D eigenvalue weighted by atomic mass is 35.5. The van der Waals surface area contributed by atoms with Crippen molar-refractivity contribution in [2.45, 2.75) is 73.6 Å². The van der Waals surface area contributed by atoms with E-state index in [2.05, 4.69) is 53.8 Å². The molecular formula is C26H39ClN4O2. The predicted molar refractivity (Wildman–Crippen MR) is 136 cm³/mol. The zero-order valence-corrected chi connectivity index (χ0v) is 22.1. The number of benzene rings is 1. The highest BCUT2D eigenvalue weighted by Gasteiger charge is 2.24. The van der Waals surface area contributed by atoms with Crippen molar-refractivity contribution >= 4 is 29.2 Å². The predicted octanol–water partition coefficient (Wildman–Crippen LogP) is 6.07. The molecule has 2 aromatic rings. The number of likely N-dealkylation sites (N-methyl/N-ethyl adjacent to an activating group) is 1. The number of amides is 2. The summed E-state index contributed by atoms with van der Waals surface area (Å²) in [6, 6.07) is 9.18. The first-order valence-electron chi connectivity index (χ1n) is 11.6. The number of hydrogen-bond acceptors (Lipinski definition) is 3. The van der Waals surface area contributed by atoms with E-state index in [-0.39, 0.29) is 35.1 Å². The van der Waals surface area contributed by atoms with Gasteiger partial charge in [0.2, 0.25) is 11.8 Å². The van der Waals surface area contributed by atoms with Gasteiger partial charge in [-0.3, -0.25) is 9.59 Å². The molecule has 0 spiro atoms. The van der Waals surface area contributed by atoms with Crippen molar-refractivity contribution in [2.24, 2.45) is 11.3 Å². The third-order valence-electron chi connectivity index (χ3n) is 5.37. The standard InChI is InChI=1S/C26H39ClN4O2/c1-9-30(24(33)14-18(2)16-25(3,4)5)17-23(32)28-22-15-21(26(6,7)8)29-31(22)20-12-10-19(27)11-13-20/h10-13,15,18H,9,14,16-17H2,1-8H3,(H,28,32). The maximum Gasteiger partial charge on any atom is 0.245 e. The van der Waals surface area contributed by atoms with Crippen LogP contribution >= 0.6 is 11.6 Å². The van der Waals surface area contributed by atoms with E-state index in [0.29, 0.717) is 23.8 Å². The molecule has 182 valence electrons. The molecule has 0 aliphatic rings. The first kappa shape index (κ1) is 26.9. The van der Waals surface area contributed by atoms with Gasteiger partial charge in [-0.05, 0) is 48.9 Å². The molecule has 33 heavy (non-hydrogen) atoms. The summed E-state index contributed by atoms with van der Waals surface area (Å²) in [7, 11) is 0. The van der Waals surface area contributed by atoms with Crippen LogP contribution in [-0.2, 0) is 15.0 Å². The lowest BCUT2D eigenvalue weighted by molar-refractivity contribution is -0.135. The van der Waals surface area contributed by atoms with E-state index in [1.807, 2.05) is 25.1 Å². The monoisotopic (exact) mass is 474 g/mol. The number of nitrogens with one attached hydrogen (secondary N) is 1. The molecule has 0 aliphatic heterocycles. The number of halogens is 1. The van der Waals surface area contributed by atoms with Gasteiger partial charge in [-0.15, -0.1) is 0 Å². The Kier molecular flexibility index (Phi) is 8.75. The number of carbonyl (C=O) groups excluding carboxylic acids is 2. The quantitative estimate of drug-likeness (QED) is 0.504. The Morgan fingerprint density at radius 3 is 2.24 bits per heavy atom. The van der Waals surface area contributed by atoms with Crippen LogP contribution in [-0.4, -0.2) is 39.6 Å². The van der Waals surface area contributed by atoms with Crippen molar-refractivity contribution in [2.75, 3.05) is 18.4 Å². The Morgan fingerprint density at radius 1 is 1.12 bits per heavy atom. The zero-order valence-electron chi connectivity index (χ0n) is 21.3. The SMILES string of the molecule is CCN(CC(=O)Nc1cc(C(C)(C)C)nn1-c1ccc(Cl)cc1)C(=O)CC(C)CC(C)(C)C. The Balaban J connectivity index is 2.17. The van der Waals surface area contributed by atoms with E-state index in [0.717, 1.165) is 17.8 Å². The molecule has 0 radical (unpaired) electrons. The fourth-order valence-electron chi connectivity index (χ4n) is 3.89. The molecule has 0 saturated heterocycles. The summed E-state index contributed by atoms with van der Waals surface area (Å²) in [5.41, 5.74) is 1.63. The van der Waals surface area contributed by atoms with E-state index in [1.165, 1.54) is 0 Å². The maximum absolute atomic E-state index is 12.9. The van der Waals surface area contributed by atoms with Crippen LogP contribution in [0.5, 0.6) is 0 Å². The summed E-state index contributed by atoms with van der Waals surface area (Å²) < 4.78 is 1.71. The number of anilines is 1. The van der Waals surface area contributed by atoms with Crippen molar-refractivity contribution in [3.63, 3.8) is 0 Å². The number of nitrogens with zero attached hydrogens (tertiary/aromatic N) is 3. The topological polar surface area (TPSA) is 67.2 Å². The number of aromatic nitrogens is 2. The van der Waals surface area contributed by atoms with Crippen LogP contribution < -0.4 is 5.32 Å². The molecule has 6 nitrogen and oxygen atoms in total. The van der Waals surface area contributed by atoms with Crippen molar-refractivity contribution in [3.8, 4) is 5.69 Å². The summed E-state index contributed by atoms with van der Waals surface area (Å²) >= 11 is 6.04. The molecule has 1 aromatic heterocycles. The third kappa shape index (κ3) is 8.18. The van der Waals surface area contributed by atoms with Gasteiger partial charge in [0.25, 0.3) is 0 Å². The van der Waals surface area contributed by atoms with Gasteiger partial charge in [-0.25, -0.2) is 4.68 Å². The average molecular weight is 475 g/mol. The smallest absolute Gasteiger partial charge is 0.245 e. The fraction of sp³-hybridized carbons (Fsp3) is 0.577. The van der Waals surface area contributed by atoms with Gasteiger partial charge in [0, 0.05) is 29.5 Å². The molecule has 1 atom stereocenters. The lowest BCUT2D eigenvalue weighted by Crippen LogP contribution is -2.38. The largest absolute Gasteiger partial charge is 0.334 e. The van der Waals surface area contributed by atoms with Crippen molar-refractivity contribution in [1.82, 2.24) is 14.7 Å². The molecule has 1 N–H and O–H groups in total. The minimum absolute atomic E-state index is 0.00555. The highest BCUT2D eigenvalue weighted by Crippen LogP contribution is 2.28. The van der Waals surface area contributed by atoms with E-state index in [4.69, 9.17) is 16.7 Å². The van der Waals surface area contributed by atoms with Crippen molar-refractivity contribution in [1.29, 1.82) is 0 Å². The highest BCUT2D eigenvalue weighted by molar-refractivity contribution is 6.30. The van der Waals surface area contributed by atoms with Crippen LogP contribution in [0.15, 0.2) is 30.3 Å². The molecule has 0 fully saturated rings. The molecular weight excluding hydrogens is 436 g/mol. The summed E-state index contributed by atoms with van der Waals surface area (Å²) in [5.74, 6) is 0.586. The molecule has 0 saturated carbocycles. The molecule has 2 rings (SSSR count). The van der Waals surface area contributed by atoms with E-state index < -0.39 is 0 Å². The molecule has 2 amide bonds. The molecule has 1 unspecified atom stereocenters. The second kappa shape index (κ2) is 10.7. The second-order valence-electron chi connectivity index (χ2n) is 11.1. The fourth-order valence-corrected chi connectivity index (χ4v) is 4.02. The minimum Gasteiger partial charge on any atom is -0.334 e. The van der Waals surface area contributed by atoms with Crippen LogP contribution in [0.1, 0.15) is 73.9 Å². The average Bonchev–Trinajstić information content (AvgIpc) is 3.09. The van der Waals surface area contributed by atoms with E-state index >= 15 is 0 Å². The minimum atomic E-state index is -0.246. The molecule has 1 aromatic carbocycles. The summed E-state index contributed by atoms with van der Waals surface area (Å²) in [4.78, 5) is 27.4. The summed E-state index contributed by atoms with van der Waals surface area (Å²) in [5, 5.41) is 8.31. The molecule has 0 bridgehead atoms. The van der Waals surface area contributed by atoms with Gasteiger partial charge in [-0.1, -0.05) is 60.1 Å². The summed E-state index contributed by atoms with van der Waals surface area (Å²) in [6.45, 7) is 17.2. The van der Waals surface area contributed by atoms with Gasteiger partial charge in [0.15, 0.2) is 0 Å². The van der Waals surface area contributed by atoms with Crippen LogP contribution in [0.25, 0.3) is 5.69 Å². The zero-order chi connectivity index (χ0) is 25.0. The van der Waals surface area contributed by atoms with Crippen LogP contribution in [0.2, 0.25) is 5.02 Å². The first-order valence-corrected chi connectivity index (χ1v) is 12.0. The normalized spacial score (nSPS) is 13.0. The summed E-state index contributed by atoms with van der Waals surface area (Å²) in [6.07, 6.45) is 1.40. The number of rotatable bonds is 8. The van der Waals surface area contributed by atoms with Crippen molar-refractivity contribution < 1.29 is 9.59 Å².